The number of nitrogen functional groups attached to an aromatic ring is 1. The SMILES string of the molecule is CCN(CCc1c[nH]c2ccccc12)C1CCc2cc(C(=O)Nc3ccccc3N)ccc21. The average Bonchev–Trinajstić information content (AvgIpc) is 3.45. The third-order valence-electron chi connectivity index (χ3n) is 6.85. The summed E-state index contributed by atoms with van der Waals surface area (Å²) in [4.78, 5) is 18.8. The molecule has 4 N–H and O–H groups in total. The number of aryl methyl sites for hydroxylation is 1. The molecule has 0 bridgehead atoms. The van der Waals surface area contributed by atoms with E-state index in [4.69, 9.17) is 5.73 Å². The van der Waals surface area contributed by atoms with E-state index in [0.29, 0.717) is 23.0 Å². The number of aromatic nitrogens is 1. The van der Waals surface area contributed by atoms with Crippen LogP contribution in [0, 0.1) is 0 Å². The number of nitrogens with zero attached hydrogens (tertiary/aromatic N) is 1. The van der Waals surface area contributed by atoms with Gasteiger partial charge in [-0.3, -0.25) is 9.69 Å². The number of nitrogens with one attached hydrogen (secondary N) is 2. The molecule has 5 heteroatoms. The summed E-state index contributed by atoms with van der Waals surface area (Å²) in [5.74, 6) is -0.120. The molecule has 1 aliphatic carbocycles. The number of aromatic amines is 1. The van der Waals surface area contributed by atoms with Gasteiger partial charge in [0.25, 0.3) is 5.91 Å². The Labute approximate surface area is 194 Å². The summed E-state index contributed by atoms with van der Waals surface area (Å²) < 4.78 is 0. The maximum atomic E-state index is 12.8. The minimum Gasteiger partial charge on any atom is -0.397 e. The lowest BCUT2D eigenvalue weighted by Gasteiger charge is -2.28. The average molecular weight is 439 g/mol. The van der Waals surface area contributed by atoms with Gasteiger partial charge in [0.05, 0.1) is 11.4 Å². The Hall–Kier alpha value is -3.57. The molecular formula is C28H30N4O. The van der Waals surface area contributed by atoms with Crippen molar-refractivity contribution in [2.45, 2.75) is 32.2 Å². The van der Waals surface area contributed by atoms with E-state index in [9.17, 15) is 4.79 Å². The van der Waals surface area contributed by atoms with Crippen molar-refractivity contribution in [3.8, 4) is 0 Å². The Balaban J connectivity index is 1.29. The predicted octanol–water partition coefficient (Wildman–Crippen LogP) is 5.55. The van der Waals surface area contributed by atoms with Gasteiger partial charge in [-0.2, -0.15) is 0 Å². The highest BCUT2D eigenvalue weighted by atomic mass is 16.1. The number of hydrogen-bond acceptors (Lipinski definition) is 3. The number of hydrogen-bond donors (Lipinski definition) is 3. The molecule has 1 aromatic heterocycles. The van der Waals surface area contributed by atoms with Crippen molar-refractivity contribution in [1.82, 2.24) is 9.88 Å². The van der Waals surface area contributed by atoms with Crippen LogP contribution in [-0.4, -0.2) is 28.9 Å². The van der Waals surface area contributed by atoms with Gasteiger partial charge in [0.2, 0.25) is 0 Å². The molecule has 1 atom stereocenters. The Bertz CT molecular complexity index is 1290. The second kappa shape index (κ2) is 9.12. The quantitative estimate of drug-likeness (QED) is 0.331. The number of rotatable bonds is 7. The molecule has 1 amide bonds. The molecule has 0 spiro atoms. The van der Waals surface area contributed by atoms with Gasteiger partial charge in [0.15, 0.2) is 0 Å². The lowest BCUT2D eigenvalue weighted by molar-refractivity contribution is 0.102. The molecule has 168 valence electrons. The zero-order valence-electron chi connectivity index (χ0n) is 19.0. The maximum absolute atomic E-state index is 12.8. The largest absolute Gasteiger partial charge is 0.397 e. The second-order valence-corrected chi connectivity index (χ2v) is 8.75. The highest BCUT2D eigenvalue weighted by molar-refractivity contribution is 6.05. The molecule has 33 heavy (non-hydrogen) atoms. The molecule has 1 unspecified atom stereocenters. The summed E-state index contributed by atoms with van der Waals surface area (Å²) in [5.41, 5.74) is 13.1. The summed E-state index contributed by atoms with van der Waals surface area (Å²) >= 11 is 0. The first-order valence-electron chi connectivity index (χ1n) is 11.7. The molecule has 5 nitrogen and oxygen atoms in total. The van der Waals surface area contributed by atoms with E-state index < -0.39 is 0 Å². The van der Waals surface area contributed by atoms with E-state index in [1.165, 1.54) is 27.6 Å². The van der Waals surface area contributed by atoms with Crippen LogP contribution in [0.15, 0.2) is 72.9 Å². The van der Waals surface area contributed by atoms with Gasteiger partial charge in [-0.15, -0.1) is 0 Å². The van der Waals surface area contributed by atoms with E-state index in [0.717, 1.165) is 32.4 Å². The number of benzene rings is 3. The van der Waals surface area contributed by atoms with Crippen LogP contribution in [0.25, 0.3) is 10.9 Å². The summed E-state index contributed by atoms with van der Waals surface area (Å²) in [7, 11) is 0. The molecule has 1 heterocycles. The van der Waals surface area contributed by atoms with Gasteiger partial charge in [0, 0.05) is 35.2 Å². The van der Waals surface area contributed by atoms with Crippen molar-refractivity contribution in [2.24, 2.45) is 0 Å². The Kier molecular flexibility index (Phi) is 5.88. The van der Waals surface area contributed by atoms with Crippen molar-refractivity contribution < 1.29 is 4.79 Å². The van der Waals surface area contributed by atoms with Crippen molar-refractivity contribution in [2.75, 3.05) is 24.1 Å². The minimum atomic E-state index is -0.120. The monoisotopic (exact) mass is 438 g/mol. The molecule has 0 aliphatic heterocycles. The van der Waals surface area contributed by atoms with Crippen LogP contribution in [0.4, 0.5) is 11.4 Å². The number of amides is 1. The smallest absolute Gasteiger partial charge is 0.255 e. The first kappa shape index (κ1) is 21.3. The third-order valence-corrected chi connectivity index (χ3v) is 6.85. The minimum absolute atomic E-state index is 0.120. The van der Waals surface area contributed by atoms with Crippen molar-refractivity contribution >= 4 is 28.2 Å². The van der Waals surface area contributed by atoms with E-state index in [1.54, 1.807) is 6.07 Å². The van der Waals surface area contributed by atoms with Crippen LogP contribution in [0.1, 0.15) is 46.4 Å². The normalized spacial score (nSPS) is 15.2. The lowest BCUT2D eigenvalue weighted by atomic mass is 10.0. The molecule has 0 radical (unpaired) electrons. The summed E-state index contributed by atoms with van der Waals surface area (Å²) in [5, 5.41) is 4.25. The van der Waals surface area contributed by atoms with Gasteiger partial charge >= 0.3 is 0 Å². The fourth-order valence-electron chi connectivity index (χ4n) is 5.06. The maximum Gasteiger partial charge on any atom is 0.255 e. The van der Waals surface area contributed by atoms with Crippen LogP contribution < -0.4 is 11.1 Å². The fraction of sp³-hybridized carbons (Fsp3) is 0.250. The molecule has 4 aromatic rings. The summed E-state index contributed by atoms with van der Waals surface area (Å²) in [6.45, 7) is 4.25. The van der Waals surface area contributed by atoms with E-state index in [1.807, 2.05) is 24.3 Å². The first-order valence-corrected chi connectivity index (χ1v) is 11.7. The summed E-state index contributed by atoms with van der Waals surface area (Å²) in [6.07, 6.45) is 5.25. The molecule has 0 fully saturated rings. The molecule has 1 aliphatic rings. The van der Waals surface area contributed by atoms with E-state index in [-0.39, 0.29) is 5.91 Å². The van der Waals surface area contributed by atoms with Crippen LogP contribution in [0.3, 0.4) is 0 Å². The number of nitrogens with two attached hydrogens (primary N) is 1. The Morgan fingerprint density at radius 1 is 1.12 bits per heavy atom. The molecule has 0 saturated carbocycles. The standard InChI is InChI=1S/C28H30N4O/c1-2-32(16-15-21-18-30-25-9-5-3-7-22(21)25)27-14-12-19-17-20(11-13-23(19)27)28(33)31-26-10-6-4-8-24(26)29/h3-11,13,17-18,27,30H,2,12,14-16,29H2,1H3,(H,31,33). The van der Waals surface area contributed by atoms with Gasteiger partial charge in [0.1, 0.15) is 0 Å². The third kappa shape index (κ3) is 4.24. The molecular weight excluding hydrogens is 408 g/mol. The second-order valence-electron chi connectivity index (χ2n) is 8.75. The molecule has 5 rings (SSSR count). The number of para-hydroxylation sites is 3. The van der Waals surface area contributed by atoms with E-state index in [2.05, 4.69) is 64.7 Å². The van der Waals surface area contributed by atoms with E-state index >= 15 is 0 Å². The fourth-order valence-corrected chi connectivity index (χ4v) is 5.06. The van der Waals surface area contributed by atoms with Crippen LogP contribution in [-0.2, 0) is 12.8 Å². The predicted molar refractivity (Wildman–Crippen MR) is 136 cm³/mol. The zero-order valence-corrected chi connectivity index (χ0v) is 19.0. The van der Waals surface area contributed by atoms with Crippen molar-refractivity contribution in [3.63, 3.8) is 0 Å². The number of likely N-dealkylation sites (N-methyl/N-ethyl adjacent to an activating group) is 1. The highest BCUT2D eigenvalue weighted by Gasteiger charge is 2.28. The topological polar surface area (TPSA) is 74.2 Å². The number of H-pyrrole nitrogens is 1. The van der Waals surface area contributed by atoms with Gasteiger partial charge in [-0.25, -0.2) is 0 Å². The van der Waals surface area contributed by atoms with Gasteiger partial charge in [-0.1, -0.05) is 43.3 Å². The van der Waals surface area contributed by atoms with Crippen molar-refractivity contribution in [1.29, 1.82) is 0 Å². The van der Waals surface area contributed by atoms with Crippen LogP contribution in [0.5, 0.6) is 0 Å². The van der Waals surface area contributed by atoms with Crippen LogP contribution in [0.2, 0.25) is 0 Å². The zero-order chi connectivity index (χ0) is 22.8. The lowest BCUT2D eigenvalue weighted by Crippen LogP contribution is -2.29. The van der Waals surface area contributed by atoms with Gasteiger partial charge in [-0.05, 0) is 72.8 Å². The van der Waals surface area contributed by atoms with Gasteiger partial charge < -0.3 is 16.0 Å². The highest BCUT2D eigenvalue weighted by Crippen LogP contribution is 2.36. The number of carbonyl (C=O) groups is 1. The number of carbonyl (C=O) groups excluding carboxylic acids is 1. The number of anilines is 2. The Morgan fingerprint density at radius 3 is 2.79 bits per heavy atom. The number of fused-ring (bicyclic) bond motifs is 2. The first-order chi connectivity index (χ1) is 16.1. The Morgan fingerprint density at radius 2 is 1.94 bits per heavy atom. The molecule has 0 saturated heterocycles. The molecule has 3 aromatic carbocycles. The summed E-state index contributed by atoms with van der Waals surface area (Å²) in [6, 6.07) is 22.4. The van der Waals surface area contributed by atoms with Crippen molar-refractivity contribution in [3.05, 3.63) is 95.2 Å². The van der Waals surface area contributed by atoms with Crippen LogP contribution >= 0.6 is 0 Å².